The number of ether oxygens (including phenoxy) is 1. The van der Waals surface area contributed by atoms with Crippen molar-refractivity contribution in [1.82, 2.24) is 23.8 Å². The Morgan fingerprint density at radius 3 is 2.83 bits per heavy atom. The zero-order chi connectivity index (χ0) is 16.4. The fourth-order valence-electron chi connectivity index (χ4n) is 3.32. The fraction of sp³-hybridized carbons (Fsp3) is 0.857. The summed E-state index contributed by atoms with van der Waals surface area (Å²) in [5.41, 5.74) is 0. The SMILES string of the molecule is COCc1nc2n(n1)CCC[C@@H]2NS(=O)(=O)N1CCC[C@H](C)C1. The summed E-state index contributed by atoms with van der Waals surface area (Å²) in [7, 11) is -1.90. The Bertz CT molecular complexity index is 645. The second-order valence-corrected chi connectivity index (χ2v) is 8.17. The predicted octanol–water partition coefficient (Wildman–Crippen LogP) is 0.826. The lowest BCUT2D eigenvalue weighted by Crippen LogP contribution is -2.47. The molecule has 8 nitrogen and oxygen atoms in total. The van der Waals surface area contributed by atoms with Crippen LogP contribution in [-0.2, 0) is 28.1 Å². The first kappa shape index (κ1) is 16.8. The minimum absolute atomic E-state index is 0.316. The van der Waals surface area contributed by atoms with Gasteiger partial charge < -0.3 is 4.74 Å². The third kappa shape index (κ3) is 3.73. The number of aromatic nitrogens is 3. The van der Waals surface area contributed by atoms with E-state index in [-0.39, 0.29) is 6.04 Å². The molecule has 130 valence electrons. The molecule has 2 atom stereocenters. The molecule has 0 bridgehead atoms. The summed E-state index contributed by atoms with van der Waals surface area (Å²) < 4.78 is 36.6. The van der Waals surface area contributed by atoms with Gasteiger partial charge in [-0.3, -0.25) is 0 Å². The van der Waals surface area contributed by atoms with E-state index in [2.05, 4.69) is 21.7 Å². The largest absolute Gasteiger partial charge is 0.377 e. The molecule has 0 radical (unpaired) electrons. The van der Waals surface area contributed by atoms with Crippen molar-refractivity contribution in [3.63, 3.8) is 0 Å². The lowest BCUT2D eigenvalue weighted by Gasteiger charge is -2.32. The van der Waals surface area contributed by atoms with Gasteiger partial charge in [0.1, 0.15) is 12.4 Å². The van der Waals surface area contributed by atoms with Gasteiger partial charge in [0.15, 0.2) is 5.82 Å². The first-order chi connectivity index (χ1) is 11.0. The number of nitrogens with zero attached hydrogens (tertiary/aromatic N) is 4. The Labute approximate surface area is 137 Å². The lowest BCUT2D eigenvalue weighted by molar-refractivity contribution is 0.177. The van der Waals surface area contributed by atoms with Crippen LogP contribution in [0, 0.1) is 5.92 Å². The highest BCUT2D eigenvalue weighted by atomic mass is 32.2. The van der Waals surface area contributed by atoms with Gasteiger partial charge >= 0.3 is 0 Å². The normalized spacial score (nSPS) is 26.2. The van der Waals surface area contributed by atoms with E-state index in [1.165, 1.54) is 0 Å². The number of hydrogen-bond acceptors (Lipinski definition) is 5. The van der Waals surface area contributed by atoms with E-state index in [9.17, 15) is 8.42 Å². The summed E-state index contributed by atoms with van der Waals surface area (Å²) in [5.74, 6) is 1.70. The van der Waals surface area contributed by atoms with Crippen molar-refractivity contribution in [1.29, 1.82) is 0 Å². The van der Waals surface area contributed by atoms with E-state index in [1.807, 2.05) is 0 Å². The van der Waals surface area contributed by atoms with E-state index in [0.717, 1.165) is 32.2 Å². The molecule has 23 heavy (non-hydrogen) atoms. The average molecular weight is 343 g/mol. The number of hydrogen-bond donors (Lipinski definition) is 1. The molecule has 1 N–H and O–H groups in total. The number of rotatable bonds is 5. The maximum Gasteiger partial charge on any atom is 0.280 e. The van der Waals surface area contributed by atoms with Gasteiger partial charge in [0.25, 0.3) is 10.2 Å². The molecule has 3 heterocycles. The smallest absolute Gasteiger partial charge is 0.280 e. The zero-order valence-corrected chi connectivity index (χ0v) is 14.5. The topological polar surface area (TPSA) is 89.3 Å². The molecule has 0 aliphatic carbocycles. The van der Waals surface area contributed by atoms with Crippen molar-refractivity contribution in [2.24, 2.45) is 5.92 Å². The van der Waals surface area contributed by atoms with Crippen molar-refractivity contribution in [3.05, 3.63) is 11.6 Å². The Kier molecular flexibility index (Phi) is 5.00. The van der Waals surface area contributed by atoms with Gasteiger partial charge in [0.05, 0.1) is 6.04 Å². The Morgan fingerprint density at radius 2 is 2.09 bits per heavy atom. The van der Waals surface area contributed by atoms with Crippen molar-refractivity contribution >= 4 is 10.2 Å². The molecule has 1 fully saturated rings. The first-order valence-corrected chi connectivity index (χ1v) is 9.63. The van der Waals surface area contributed by atoms with Crippen LogP contribution in [0.15, 0.2) is 0 Å². The van der Waals surface area contributed by atoms with Gasteiger partial charge in [-0.1, -0.05) is 6.92 Å². The van der Waals surface area contributed by atoms with Crippen LogP contribution < -0.4 is 4.72 Å². The second kappa shape index (κ2) is 6.84. The van der Waals surface area contributed by atoms with Gasteiger partial charge in [-0.15, -0.1) is 0 Å². The van der Waals surface area contributed by atoms with Gasteiger partial charge in [-0.25, -0.2) is 9.67 Å². The van der Waals surface area contributed by atoms with Crippen LogP contribution in [0.2, 0.25) is 0 Å². The van der Waals surface area contributed by atoms with Crippen LogP contribution in [-0.4, -0.2) is 47.7 Å². The molecule has 0 spiro atoms. The maximum absolute atomic E-state index is 12.7. The Morgan fingerprint density at radius 1 is 1.30 bits per heavy atom. The van der Waals surface area contributed by atoms with Crippen molar-refractivity contribution in [2.45, 2.75) is 51.8 Å². The molecule has 0 amide bonds. The number of nitrogens with one attached hydrogen (secondary N) is 1. The van der Waals surface area contributed by atoms with Gasteiger partial charge in [0, 0.05) is 26.7 Å². The molecule has 0 saturated carbocycles. The van der Waals surface area contributed by atoms with E-state index >= 15 is 0 Å². The van der Waals surface area contributed by atoms with E-state index in [1.54, 1.807) is 16.1 Å². The molecule has 1 saturated heterocycles. The van der Waals surface area contributed by atoms with Crippen LogP contribution >= 0.6 is 0 Å². The molecular formula is C14H25N5O3S. The fourth-order valence-corrected chi connectivity index (χ4v) is 4.87. The van der Waals surface area contributed by atoms with Crippen molar-refractivity contribution < 1.29 is 13.2 Å². The minimum atomic E-state index is -3.49. The van der Waals surface area contributed by atoms with E-state index < -0.39 is 10.2 Å². The average Bonchev–Trinajstić information content (AvgIpc) is 2.91. The summed E-state index contributed by atoms with van der Waals surface area (Å²) in [6.07, 6.45) is 3.63. The number of methoxy groups -OCH3 is 1. The summed E-state index contributed by atoms with van der Waals surface area (Å²) in [4.78, 5) is 4.45. The van der Waals surface area contributed by atoms with Gasteiger partial charge in [-0.2, -0.15) is 22.5 Å². The standard InChI is InChI=1S/C14H25N5O3S/c1-11-5-3-7-18(9-11)23(20,21)17-12-6-4-8-19-14(12)15-13(16-19)10-22-2/h11-12,17H,3-10H2,1-2H3/t11-,12-/m0/s1. The van der Waals surface area contributed by atoms with Crippen LogP contribution in [0.1, 0.15) is 50.3 Å². The Hall–Kier alpha value is -1.03. The van der Waals surface area contributed by atoms with Crippen LogP contribution in [0.25, 0.3) is 0 Å². The molecule has 9 heteroatoms. The highest BCUT2D eigenvalue weighted by Crippen LogP contribution is 2.26. The third-order valence-corrected chi connectivity index (χ3v) is 6.04. The molecule has 0 aromatic carbocycles. The predicted molar refractivity (Wildman–Crippen MR) is 84.7 cm³/mol. The van der Waals surface area contributed by atoms with Crippen LogP contribution in [0.5, 0.6) is 0 Å². The van der Waals surface area contributed by atoms with Gasteiger partial charge in [0.2, 0.25) is 0 Å². The molecule has 2 aliphatic heterocycles. The highest BCUT2D eigenvalue weighted by molar-refractivity contribution is 7.87. The molecule has 0 unspecified atom stereocenters. The quantitative estimate of drug-likeness (QED) is 0.855. The second-order valence-electron chi connectivity index (χ2n) is 6.47. The van der Waals surface area contributed by atoms with Crippen LogP contribution in [0.3, 0.4) is 0 Å². The first-order valence-electron chi connectivity index (χ1n) is 8.19. The number of piperidine rings is 1. The number of fused-ring (bicyclic) bond motifs is 1. The Balaban J connectivity index is 1.75. The summed E-state index contributed by atoms with van der Waals surface area (Å²) >= 11 is 0. The third-order valence-electron chi connectivity index (χ3n) is 4.44. The summed E-state index contributed by atoms with van der Waals surface area (Å²) in [6, 6.07) is -0.316. The molecule has 3 rings (SSSR count). The molecular weight excluding hydrogens is 318 g/mol. The van der Waals surface area contributed by atoms with E-state index in [0.29, 0.717) is 37.3 Å². The summed E-state index contributed by atoms with van der Waals surface area (Å²) in [5, 5.41) is 4.38. The highest BCUT2D eigenvalue weighted by Gasteiger charge is 2.33. The summed E-state index contributed by atoms with van der Waals surface area (Å²) in [6.45, 7) is 4.38. The minimum Gasteiger partial charge on any atom is -0.377 e. The van der Waals surface area contributed by atoms with Crippen LogP contribution in [0.4, 0.5) is 0 Å². The lowest BCUT2D eigenvalue weighted by atomic mass is 10.0. The van der Waals surface area contributed by atoms with Crippen molar-refractivity contribution in [3.8, 4) is 0 Å². The van der Waals surface area contributed by atoms with Gasteiger partial charge in [-0.05, 0) is 31.6 Å². The van der Waals surface area contributed by atoms with E-state index in [4.69, 9.17) is 4.74 Å². The monoisotopic (exact) mass is 343 g/mol. The molecule has 1 aromatic heterocycles. The molecule has 2 aliphatic rings. The van der Waals surface area contributed by atoms with Crippen molar-refractivity contribution in [2.75, 3.05) is 20.2 Å². The maximum atomic E-state index is 12.7. The zero-order valence-electron chi connectivity index (χ0n) is 13.7. The number of aryl methyl sites for hydroxylation is 1. The molecule has 1 aromatic rings.